The third kappa shape index (κ3) is 5.14. The van der Waals surface area contributed by atoms with Gasteiger partial charge in [0.15, 0.2) is 0 Å². The smallest absolute Gasteiger partial charge is 0.255 e. The fourth-order valence-corrected chi connectivity index (χ4v) is 3.84. The van der Waals surface area contributed by atoms with Crippen molar-refractivity contribution in [3.63, 3.8) is 0 Å². The predicted molar refractivity (Wildman–Crippen MR) is 124 cm³/mol. The normalized spacial score (nSPS) is 14.8. The zero-order valence-electron chi connectivity index (χ0n) is 17.2. The van der Waals surface area contributed by atoms with Gasteiger partial charge in [0.05, 0.1) is 5.92 Å². The Morgan fingerprint density at radius 1 is 1.06 bits per heavy atom. The molecule has 5 nitrogen and oxygen atoms in total. The molecule has 1 aliphatic heterocycles. The van der Waals surface area contributed by atoms with E-state index in [9.17, 15) is 9.59 Å². The number of ether oxygens (including phenoxy) is 1. The second kappa shape index (κ2) is 9.35. The number of amides is 2. The average molecular weight is 479 g/mol. The van der Waals surface area contributed by atoms with E-state index >= 15 is 0 Å². The van der Waals surface area contributed by atoms with Gasteiger partial charge in [0.25, 0.3) is 5.91 Å². The first-order valence-electron chi connectivity index (χ1n) is 10.1. The topological polar surface area (TPSA) is 67.4 Å². The van der Waals surface area contributed by atoms with E-state index in [0.717, 1.165) is 26.9 Å². The lowest BCUT2D eigenvalue weighted by molar-refractivity contribution is -0.126. The van der Waals surface area contributed by atoms with E-state index in [1.165, 1.54) is 0 Å². The van der Waals surface area contributed by atoms with Crippen molar-refractivity contribution in [3.05, 3.63) is 93.5 Å². The van der Waals surface area contributed by atoms with Crippen LogP contribution in [0.2, 0.25) is 0 Å². The second-order valence-corrected chi connectivity index (χ2v) is 8.56. The van der Waals surface area contributed by atoms with Crippen LogP contribution in [-0.2, 0) is 17.8 Å². The van der Waals surface area contributed by atoms with Crippen LogP contribution in [0.1, 0.15) is 27.0 Å². The molecule has 0 aliphatic carbocycles. The monoisotopic (exact) mass is 478 g/mol. The Labute approximate surface area is 189 Å². The molecule has 3 aromatic carbocycles. The summed E-state index contributed by atoms with van der Waals surface area (Å²) in [4.78, 5) is 25.2. The minimum absolute atomic E-state index is 0.0294. The van der Waals surface area contributed by atoms with Crippen molar-refractivity contribution in [2.24, 2.45) is 5.92 Å². The van der Waals surface area contributed by atoms with Gasteiger partial charge in [-0.25, -0.2) is 0 Å². The minimum atomic E-state index is -0.269. The maximum absolute atomic E-state index is 12.7. The molecule has 0 aromatic heterocycles. The predicted octanol–water partition coefficient (Wildman–Crippen LogP) is 4.88. The summed E-state index contributed by atoms with van der Waals surface area (Å²) >= 11 is 3.37. The molecule has 6 heteroatoms. The molecule has 4 rings (SSSR count). The zero-order valence-corrected chi connectivity index (χ0v) is 18.7. The van der Waals surface area contributed by atoms with Crippen LogP contribution in [0.4, 0.5) is 5.69 Å². The standard InChI is InChI=1S/C25H23BrN2O3/c1-16-4-2-3-5-18(16)14-27-24(29)20-12-19-13-22(10-11-23(19)31-15-20)28-25(30)17-6-8-21(26)9-7-17/h2-11,13,20H,12,14-15H2,1H3,(H,27,29)(H,28,30)/t20-/m1/s1. The minimum Gasteiger partial charge on any atom is -0.492 e. The maximum atomic E-state index is 12.7. The van der Waals surface area contributed by atoms with Gasteiger partial charge >= 0.3 is 0 Å². The van der Waals surface area contributed by atoms with Gasteiger partial charge in [-0.15, -0.1) is 0 Å². The van der Waals surface area contributed by atoms with E-state index in [2.05, 4.69) is 26.6 Å². The summed E-state index contributed by atoms with van der Waals surface area (Å²) in [6, 6.07) is 20.7. The van der Waals surface area contributed by atoms with Crippen molar-refractivity contribution in [3.8, 4) is 5.75 Å². The van der Waals surface area contributed by atoms with Crippen LogP contribution >= 0.6 is 15.9 Å². The van der Waals surface area contributed by atoms with Crippen molar-refractivity contribution in [2.75, 3.05) is 11.9 Å². The molecule has 0 spiro atoms. The summed E-state index contributed by atoms with van der Waals surface area (Å²) < 4.78 is 6.73. The van der Waals surface area contributed by atoms with Crippen LogP contribution in [0.15, 0.2) is 71.2 Å². The molecule has 3 aromatic rings. The molecular formula is C25H23BrN2O3. The lowest BCUT2D eigenvalue weighted by Gasteiger charge is -2.25. The highest BCUT2D eigenvalue weighted by atomic mass is 79.9. The molecule has 0 saturated carbocycles. The molecule has 0 radical (unpaired) electrons. The van der Waals surface area contributed by atoms with Crippen molar-refractivity contribution < 1.29 is 14.3 Å². The number of aryl methyl sites for hydroxylation is 1. The van der Waals surface area contributed by atoms with Gasteiger partial charge in [0.2, 0.25) is 5.91 Å². The number of benzene rings is 3. The van der Waals surface area contributed by atoms with Crippen molar-refractivity contribution in [1.29, 1.82) is 0 Å². The fourth-order valence-electron chi connectivity index (χ4n) is 3.58. The van der Waals surface area contributed by atoms with Gasteiger partial charge in [0.1, 0.15) is 12.4 Å². The number of hydrogen-bond donors (Lipinski definition) is 2. The summed E-state index contributed by atoms with van der Waals surface area (Å²) in [6.45, 7) is 2.88. The van der Waals surface area contributed by atoms with Gasteiger partial charge < -0.3 is 15.4 Å². The van der Waals surface area contributed by atoms with Gasteiger partial charge in [-0.3, -0.25) is 9.59 Å². The maximum Gasteiger partial charge on any atom is 0.255 e. The Bertz CT molecular complexity index is 1110. The van der Waals surface area contributed by atoms with Gasteiger partial charge in [0, 0.05) is 22.3 Å². The molecule has 0 unspecified atom stereocenters. The molecule has 158 valence electrons. The molecule has 31 heavy (non-hydrogen) atoms. The number of halogens is 1. The Kier molecular flexibility index (Phi) is 6.37. The highest BCUT2D eigenvalue weighted by Crippen LogP contribution is 2.30. The molecule has 1 aliphatic rings. The number of fused-ring (bicyclic) bond motifs is 1. The Hall–Kier alpha value is -3.12. The first-order chi connectivity index (χ1) is 15.0. The lowest BCUT2D eigenvalue weighted by Crippen LogP contribution is -2.37. The van der Waals surface area contributed by atoms with Crippen LogP contribution < -0.4 is 15.4 Å². The number of carbonyl (C=O) groups excluding carboxylic acids is 2. The van der Waals surface area contributed by atoms with E-state index in [0.29, 0.717) is 30.8 Å². The Balaban J connectivity index is 1.40. The Morgan fingerprint density at radius 2 is 1.84 bits per heavy atom. The SMILES string of the molecule is Cc1ccccc1CNC(=O)[C@H]1COc2ccc(NC(=O)c3ccc(Br)cc3)cc2C1. The summed E-state index contributed by atoms with van der Waals surface area (Å²) in [7, 11) is 0. The van der Waals surface area contributed by atoms with Crippen LogP contribution in [-0.4, -0.2) is 18.4 Å². The first-order valence-corrected chi connectivity index (χ1v) is 10.9. The third-order valence-electron chi connectivity index (χ3n) is 5.42. The molecule has 0 fully saturated rings. The van der Waals surface area contributed by atoms with Crippen molar-refractivity contribution in [1.82, 2.24) is 5.32 Å². The van der Waals surface area contributed by atoms with Crippen LogP contribution in [0.3, 0.4) is 0 Å². The molecule has 2 N–H and O–H groups in total. The van der Waals surface area contributed by atoms with E-state index < -0.39 is 0 Å². The number of hydrogen-bond acceptors (Lipinski definition) is 3. The summed E-state index contributed by atoms with van der Waals surface area (Å²) in [6.07, 6.45) is 0.566. The molecule has 0 bridgehead atoms. The van der Waals surface area contributed by atoms with Crippen LogP contribution in [0.5, 0.6) is 5.75 Å². The van der Waals surface area contributed by atoms with E-state index in [1.807, 2.05) is 61.5 Å². The van der Waals surface area contributed by atoms with E-state index in [1.54, 1.807) is 12.1 Å². The number of rotatable bonds is 5. The summed E-state index contributed by atoms with van der Waals surface area (Å²) in [5.74, 6) is 0.272. The second-order valence-electron chi connectivity index (χ2n) is 7.64. The lowest BCUT2D eigenvalue weighted by atomic mass is 9.95. The average Bonchev–Trinajstić information content (AvgIpc) is 2.78. The summed E-state index contributed by atoms with van der Waals surface area (Å²) in [5.41, 5.74) is 4.42. The summed E-state index contributed by atoms with van der Waals surface area (Å²) in [5, 5.41) is 5.94. The third-order valence-corrected chi connectivity index (χ3v) is 5.94. The zero-order chi connectivity index (χ0) is 21.8. The molecule has 2 amide bonds. The van der Waals surface area contributed by atoms with Crippen LogP contribution in [0, 0.1) is 12.8 Å². The molecule has 1 atom stereocenters. The van der Waals surface area contributed by atoms with Crippen LogP contribution in [0.25, 0.3) is 0 Å². The van der Waals surface area contributed by atoms with Crippen molar-refractivity contribution >= 4 is 33.4 Å². The van der Waals surface area contributed by atoms with Crippen molar-refractivity contribution in [2.45, 2.75) is 19.9 Å². The quantitative estimate of drug-likeness (QED) is 0.549. The molecule has 1 heterocycles. The van der Waals surface area contributed by atoms with E-state index in [-0.39, 0.29) is 17.7 Å². The molecule has 0 saturated heterocycles. The van der Waals surface area contributed by atoms with Gasteiger partial charge in [-0.2, -0.15) is 0 Å². The van der Waals surface area contributed by atoms with Gasteiger partial charge in [-0.1, -0.05) is 40.2 Å². The largest absolute Gasteiger partial charge is 0.492 e. The number of anilines is 1. The first kappa shape index (κ1) is 21.1. The Morgan fingerprint density at radius 3 is 2.61 bits per heavy atom. The fraction of sp³-hybridized carbons (Fsp3) is 0.200. The van der Waals surface area contributed by atoms with E-state index in [4.69, 9.17) is 4.74 Å². The number of carbonyl (C=O) groups is 2. The number of nitrogens with one attached hydrogen (secondary N) is 2. The molecular weight excluding hydrogens is 456 g/mol. The highest BCUT2D eigenvalue weighted by molar-refractivity contribution is 9.10. The van der Waals surface area contributed by atoms with Gasteiger partial charge in [-0.05, 0) is 72.5 Å². The highest BCUT2D eigenvalue weighted by Gasteiger charge is 2.26.